The number of hydrogen-bond donors (Lipinski definition) is 3. The molecule has 0 radical (unpaired) electrons. The number of phenolic OH excluding ortho intramolecular Hbond substituents is 1. The Balaban J connectivity index is 2.67. The first kappa shape index (κ1) is 10.2. The van der Waals surface area contributed by atoms with E-state index in [2.05, 4.69) is 9.97 Å². The molecule has 0 spiro atoms. The van der Waals surface area contributed by atoms with Crippen LogP contribution in [0.4, 0.5) is 5.95 Å². The third-order valence-corrected chi connectivity index (χ3v) is 2.10. The summed E-state index contributed by atoms with van der Waals surface area (Å²) in [5, 5.41) is 18.6. The summed E-state index contributed by atoms with van der Waals surface area (Å²) < 4.78 is 0. The molecule has 6 nitrogen and oxygen atoms in total. The molecule has 0 aliphatic carbocycles. The fourth-order valence-corrected chi connectivity index (χ4v) is 1.48. The first-order valence-electron chi connectivity index (χ1n) is 4.53. The van der Waals surface area contributed by atoms with Crippen molar-refractivity contribution >= 4 is 22.8 Å². The lowest BCUT2D eigenvalue weighted by Crippen LogP contribution is -2.06. The standard InChI is InChI=1S/C10H9N3O3/c11-10-12-7-3-5(14)1-2-6(7)8(13-10)4-9(15)16/h1-3,14H,4H2,(H,15,16)(H2,11,12,13). The van der Waals surface area contributed by atoms with Crippen molar-refractivity contribution in [3.8, 4) is 5.75 Å². The van der Waals surface area contributed by atoms with Gasteiger partial charge < -0.3 is 15.9 Å². The van der Waals surface area contributed by atoms with Crippen LogP contribution in [0.1, 0.15) is 5.69 Å². The van der Waals surface area contributed by atoms with Gasteiger partial charge >= 0.3 is 5.97 Å². The van der Waals surface area contributed by atoms with Crippen molar-refractivity contribution < 1.29 is 15.0 Å². The number of hydrogen-bond acceptors (Lipinski definition) is 5. The van der Waals surface area contributed by atoms with Gasteiger partial charge in [0.2, 0.25) is 5.95 Å². The van der Waals surface area contributed by atoms with Gasteiger partial charge in [0, 0.05) is 11.5 Å². The summed E-state index contributed by atoms with van der Waals surface area (Å²) in [5.74, 6) is -0.950. The summed E-state index contributed by atoms with van der Waals surface area (Å²) in [6.07, 6.45) is -0.228. The Morgan fingerprint density at radius 2 is 2.12 bits per heavy atom. The molecule has 0 aliphatic heterocycles. The van der Waals surface area contributed by atoms with Gasteiger partial charge in [-0.3, -0.25) is 4.79 Å². The SMILES string of the molecule is Nc1nc(CC(=O)O)c2ccc(O)cc2n1. The van der Waals surface area contributed by atoms with Crippen LogP contribution in [0, 0.1) is 0 Å². The Hall–Kier alpha value is -2.37. The van der Waals surface area contributed by atoms with Gasteiger partial charge in [0.15, 0.2) is 0 Å². The van der Waals surface area contributed by atoms with Crippen LogP contribution in [0.2, 0.25) is 0 Å². The van der Waals surface area contributed by atoms with Crippen LogP contribution in [-0.4, -0.2) is 26.2 Å². The summed E-state index contributed by atoms with van der Waals surface area (Å²) in [4.78, 5) is 18.4. The van der Waals surface area contributed by atoms with Crippen LogP contribution in [0.5, 0.6) is 5.75 Å². The van der Waals surface area contributed by atoms with Crippen molar-refractivity contribution in [2.45, 2.75) is 6.42 Å². The van der Waals surface area contributed by atoms with Gasteiger partial charge in [0.1, 0.15) is 5.75 Å². The maximum atomic E-state index is 10.6. The first-order chi connectivity index (χ1) is 7.56. The molecule has 2 aromatic rings. The molecule has 0 fully saturated rings. The lowest BCUT2D eigenvalue weighted by molar-refractivity contribution is -0.136. The van der Waals surface area contributed by atoms with E-state index in [0.29, 0.717) is 16.6 Å². The highest BCUT2D eigenvalue weighted by Gasteiger charge is 2.10. The molecule has 0 saturated heterocycles. The smallest absolute Gasteiger partial charge is 0.309 e. The molecule has 2 rings (SSSR count). The Morgan fingerprint density at radius 1 is 1.38 bits per heavy atom. The predicted molar refractivity (Wildman–Crippen MR) is 57.0 cm³/mol. The number of phenols is 1. The van der Waals surface area contributed by atoms with Crippen LogP contribution in [-0.2, 0) is 11.2 Å². The molecule has 0 unspecified atom stereocenters. The number of aromatic hydroxyl groups is 1. The van der Waals surface area contributed by atoms with E-state index in [1.165, 1.54) is 12.1 Å². The molecule has 1 heterocycles. The fraction of sp³-hybridized carbons (Fsp3) is 0.100. The molecule has 1 aromatic heterocycles. The van der Waals surface area contributed by atoms with Crippen molar-refractivity contribution in [2.75, 3.05) is 5.73 Å². The number of carbonyl (C=O) groups is 1. The minimum absolute atomic E-state index is 0.00523. The summed E-state index contributed by atoms with van der Waals surface area (Å²) >= 11 is 0. The molecule has 6 heteroatoms. The average molecular weight is 219 g/mol. The number of fused-ring (bicyclic) bond motifs is 1. The Morgan fingerprint density at radius 3 is 2.81 bits per heavy atom. The van der Waals surface area contributed by atoms with Gasteiger partial charge in [-0.25, -0.2) is 9.97 Å². The molecule has 0 amide bonds. The normalized spacial score (nSPS) is 10.5. The summed E-state index contributed by atoms with van der Waals surface area (Å²) in [7, 11) is 0. The van der Waals surface area contributed by atoms with E-state index in [9.17, 15) is 9.90 Å². The van der Waals surface area contributed by atoms with Gasteiger partial charge in [0.05, 0.1) is 17.6 Å². The largest absolute Gasteiger partial charge is 0.508 e. The predicted octanol–water partition coefficient (Wildman–Crippen LogP) is 0.545. The van der Waals surface area contributed by atoms with Crippen molar-refractivity contribution in [3.63, 3.8) is 0 Å². The number of nitrogens with zero attached hydrogens (tertiary/aromatic N) is 2. The second-order valence-corrected chi connectivity index (χ2v) is 3.30. The third-order valence-electron chi connectivity index (χ3n) is 2.10. The maximum Gasteiger partial charge on any atom is 0.309 e. The number of carboxylic acid groups (broad SMARTS) is 1. The van der Waals surface area contributed by atoms with Crippen LogP contribution < -0.4 is 5.73 Å². The maximum absolute atomic E-state index is 10.6. The zero-order chi connectivity index (χ0) is 11.7. The third kappa shape index (κ3) is 1.85. The minimum Gasteiger partial charge on any atom is -0.508 e. The van der Waals surface area contributed by atoms with Crippen LogP contribution in [0.25, 0.3) is 10.9 Å². The van der Waals surface area contributed by atoms with Crippen molar-refractivity contribution in [1.82, 2.24) is 9.97 Å². The lowest BCUT2D eigenvalue weighted by Gasteiger charge is -2.04. The van der Waals surface area contributed by atoms with Crippen molar-refractivity contribution in [2.24, 2.45) is 0 Å². The van der Waals surface area contributed by atoms with E-state index >= 15 is 0 Å². The van der Waals surface area contributed by atoms with Gasteiger partial charge in [-0.15, -0.1) is 0 Å². The van der Waals surface area contributed by atoms with E-state index in [-0.39, 0.29) is 18.1 Å². The van der Waals surface area contributed by atoms with E-state index < -0.39 is 5.97 Å². The zero-order valence-electron chi connectivity index (χ0n) is 8.21. The summed E-state index contributed by atoms with van der Waals surface area (Å²) in [6.45, 7) is 0. The minimum atomic E-state index is -0.993. The number of aliphatic carboxylic acids is 1. The number of aromatic nitrogens is 2. The number of benzene rings is 1. The Bertz CT molecular complexity index is 563. The average Bonchev–Trinajstić information content (AvgIpc) is 2.15. The second-order valence-electron chi connectivity index (χ2n) is 3.30. The monoisotopic (exact) mass is 219 g/mol. The quantitative estimate of drug-likeness (QED) is 0.680. The Kier molecular flexibility index (Phi) is 2.32. The van der Waals surface area contributed by atoms with Gasteiger partial charge in [-0.2, -0.15) is 0 Å². The molecule has 0 aliphatic rings. The highest BCUT2D eigenvalue weighted by molar-refractivity contribution is 5.86. The van der Waals surface area contributed by atoms with Gasteiger partial charge in [0.25, 0.3) is 0 Å². The molecular formula is C10H9N3O3. The number of nitrogens with two attached hydrogens (primary N) is 1. The molecule has 1 aromatic carbocycles. The molecule has 0 atom stereocenters. The summed E-state index contributed by atoms with van der Waals surface area (Å²) in [6, 6.07) is 4.44. The van der Waals surface area contributed by atoms with Crippen molar-refractivity contribution in [3.05, 3.63) is 23.9 Å². The van der Waals surface area contributed by atoms with Crippen LogP contribution in [0.3, 0.4) is 0 Å². The molecule has 4 N–H and O–H groups in total. The number of nitrogen functional groups attached to an aromatic ring is 1. The van der Waals surface area contributed by atoms with E-state index in [1.54, 1.807) is 6.07 Å². The lowest BCUT2D eigenvalue weighted by atomic mass is 10.1. The van der Waals surface area contributed by atoms with Gasteiger partial charge in [-0.05, 0) is 12.1 Å². The van der Waals surface area contributed by atoms with Crippen molar-refractivity contribution in [1.29, 1.82) is 0 Å². The Labute approximate surface area is 90.4 Å². The van der Waals surface area contributed by atoms with Crippen LogP contribution in [0.15, 0.2) is 18.2 Å². The number of carboxylic acids is 1. The van der Waals surface area contributed by atoms with E-state index in [4.69, 9.17) is 10.8 Å². The highest BCUT2D eigenvalue weighted by atomic mass is 16.4. The zero-order valence-corrected chi connectivity index (χ0v) is 8.21. The fourth-order valence-electron chi connectivity index (χ4n) is 1.48. The highest BCUT2D eigenvalue weighted by Crippen LogP contribution is 2.21. The molecule has 16 heavy (non-hydrogen) atoms. The molecule has 0 bridgehead atoms. The number of rotatable bonds is 2. The second kappa shape index (κ2) is 3.65. The topological polar surface area (TPSA) is 109 Å². The van der Waals surface area contributed by atoms with E-state index in [1.807, 2.05) is 0 Å². The number of anilines is 1. The molecular weight excluding hydrogens is 210 g/mol. The summed E-state index contributed by atoms with van der Waals surface area (Å²) in [5.41, 5.74) is 6.23. The molecule has 0 saturated carbocycles. The first-order valence-corrected chi connectivity index (χ1v) is 4.53. The van der Waals surface area contributed by atoms with Gasteiger partial charge in [-0.1, -0.05) is 0 Å². The van der Waals surface area contributed by atoms with Crippen LogP contribution >= 0.6 is 0 Å². The molecule has 82 valence electrons. The van der Waals surface area contributed by atoms with E-state index in [0.717, 1.165) is 0 Å².